The molecule has 1 N–H and O–H groups in total. The topological polar surface area (TPSA) is 73.0 Å². The molecule has 31 heavy (non-hydrogen) atoms. The zero-order chi connectivity index (χ0) is 22.6. The van der Waals surface area contributed by atoms with Crippen molar-refractivity contribution < 1.29 is 13.2 Å². The number of aryl methyl sites for hydroxylation is 1. The Labute approximate surface area is 185 Å². The molecule has 8 heteroatoms. The van der Waals surface area contributed by atoms with Crippen LogP contribution in [0, 0.1) is 6.92 Å². The minimum Gasteiger partial charge on any atom is -0.369 e. The fourth-order valence-corrected chi connectivity index (χ4v) is 4.90. The largest absolute Gasteiger partial charge is 0.369 e. The van der Waals surface area contributed by atoms with Gasteiger partial charge in [-0.3, -0.25) is 9.10 Å². The molecular formula is C23H32N4O3S. The number of carbonyl (C=O) groups is 1. The Bertz CT molecular complexity index is 982. The van der Waals surface area contributed by atoms with Gasteiger partial charge in [0.2, 0.25) is 15.9 Å². The second kappa shape index (κ2) is 9.70. The van der Waals surface area contributed by atoms with Crippen LogP contribution in [-0.2, 0) is 21.4 Å². The maximum atomic E-state index is 12.8. The molecule has 0 radical (unpaired) electrons. The maximum Gasteiger partial charge on any atom is 0.243 e. The molecule has 1 fully saturated rings. The lowest BCUT2D eigenvalue weighted by molar-refractivity contribution is -0.122. The van der Waals surface area contributed by atoms with Gasteiger partial charge in [-0.15, -0.1) is 0 Å². The summed E-state index contributed by atoms with van der Waals surface area (Å²) in [5, 5.41) is 2.87. The van der Waals surface area contributed by atoms with E-state index in [-0.39, 0.29) is 5.91 Å². The third-order valence-corrected chi connectivity index (χ3v) is 6.89. The number of anilines is 2. The molecule has 1 aliphatic heterocycles. The van der Waals surface area contributed by atoms with Gasteiger partial charge in [0.1, 0.15) is 6.04 Å². The van der Waals surface area contributed by atoms with Crippen LogP contribution in [0.3, 0.4) is 0 Å². The fourth-order valence-electron chi connectivity index (χ4n) is 3.73. The highest BCUT2D eigenvalue weighted by atomic mass is 32.2. The van der Waals surface area contributed by atoms with E-state index in [0.29, 0.717) is 12.2 Å². The van der Waals surface area contributed by atoms with E-state index >= 15 is 0 Å². The molecule has 2 aromatic rings. The van der Waals surface area contributed by atoms with E-state index in [1.807, 2.05) is 31.2 Å². The monoisotopic (exact) mass is 444 g/mol. The molecule has 3 rings (SSSR count). The van der Waals surface area contributed by atoms with Crippen molar-refractivity contribution in [2.24, 2.45) is 0 Å². The molecular weight excluding hydrogens is 412 g/mol. The molecule has 1 unspecified atom stereocenters. The molecule has 0 aliphatic carbocycles. The van der Waals surface area contributed by atoms with E-state index in [9.17, 15) is 13.2 Å². The molecule has 2 aromatic carbocycles. The Kier molecular flexibility index (Phi) is 7.23. The van der Waals surface area contributed by atoms with E-state index in [4.69, 9.17) is 0 Å². The molecule has 0 saturated carbocycles. The number of amides is 1. The number of sulfonamides is 1. The van der Waals surface area contributed by atoms with Crippen molar-refractivity contribution in [3.8, 4) is 0 Å². The van der Waals surface area contributed by atoms with Crippen molar-refractivity contribution in [3.05, 3.63) is 59.7 Å². The second-order valence-electron chi connectivity index (χ2n) is 8.24. The van der Waals surface area contributed by atoms with Gasteiger partial charge >= 0.3 is 0 Å². The first kappa shape index (κ1) is 23.1. The third-order valence-electron chi connectivity index (χ3n) is 5.65. The molecule has 0 bridgehead atoms. The van der Waals surface area contributed by atoms with Crippen LogP contribution in [0.15, 0.2) is 48.5 Å². The average molecular weight is 445 g/mol. The predicted octanol–water partition coefficient (Wildman–Crippen LogP) is 2.22. The van der Waals surface area contributed by atoms with Crippen molar-refractivity contribution in [1.29, 1.82) is 0 Å². The first-order valence-corrected chi connectivity index (χ1v) is 12.4. The van der Waals surface area contributed by atoms with Crippen LogP contribution in [0.5, 0.6) is 0 Å². The molecule has 1 atom stereocenters. The van der Waals surface area contributed by atoms with Crippen molar-refractivity contribution in [1.82, 2.24) is 10.2 Å². The van der Waals surface area contributed by atoms with Gasteiger partial charge in [0.05, 0.1) is 11.9 Å². The van der Waals surface area contributed by atoms with Gasteiger partial charge in [-0.05, 0) is 50.7 Å². The third kappa shape index (κ3) is 5.98. The summed E-state index contributed by atoms with van der Waals surface area (Å²) >= 11 is 0. The van der Waals surface area contributed by atoms with Gasteiger partial charge in [0, 0.05) is 38.4 Å². The van der Waals surface area contributed by atoms with Gasteiger partial charge in [-0.2, -0.15) is 0 Å². The van der Waals surface area contributed by atoms with Crippen LogP contribution in [0.2, 0.25) is 0 Å². The number of likely N-dealkylation sites (N-methyl/N-ethyl adjacent to an activating group) is 1. The number of nitrogens with zero attached hydrogens (tertiary/aromatic N) is 3. The summed E-state index contributed by atoms with van der Waals surface area (Å²) in [5.74, 6) is -0.339. The number of carbonyl (C=O) groups excluding carboxylic acids is 1. The summed E-state index contributed by atoms with van der Waals surface area (Å²) in [6.07, 6.45) is 1.12. The summed E-state index contributed by atoms with van der Waals surface area (Å²) in [6, 6.07) is 14.4. The highest BCUT2D eigenvalue weighted by Crippen LogP contribution is 2.22. The summed E-state index contributed by atoms with van der Waals surface area (Å²) in [4.78, 5) is 17.4. The summed E-state index contributed by atoms with van der Waals surface area (Å²) in [6.45, 7) is 7.99. The normalized spacial score (nSPS) is 16.1. The average Bonchev–Trinajstić information content (AvgIpc) is 2.73. The molecule has 1 saturated heterocycles. The van der Waals surface area contributed by atoms with Crippen LogP contribution in [0.4, 0.5) is 11.4 Å². The minimum atomic E-state index is -3.62. The Morgan fingerprint density at radius 1 is 1.03 bits per heavy atom. The number of hydrogen-bond acceptors (Lipinski definition) is 5. The predicted molar refractivity (Wildman–Crippen MR) is 126 cm³/mol. The quantitative estimate of drug-likeness (QED) is 0.709. The highest BCUT2D eigenvalue weighted by molar-refractivity contribution is 7.92. The summed E-state index contributed by atoms with van der Waals surface area (Å²) in [5.41, 5.74) is 3.65. The van der Waals surface area contributed by atoms with E-state index in [2.05, 4.69) is 34.3 Å². The number of rotatable bonds is 7. The SMILES string of the molecule is Cc1ccc(N(C(C)C(=O)NCc2ccc(N3CCN(C)CC3)cc2)S(C)(=O)=O)cc1. The number of piperazine rings is 1. The van der Waals surface area contributed by atoms with Crippen LogP contribution in [-0.4, -0.2) is 64.7 Å². The van der Waals surface area contributed by atoms with Crippen LogP contribution in [0.25, 0.3) is 0 Å². The Hall–Kier alpha value is -2.58. The number of benzene rings is 2. The van der Waals surface area contributed by atoms with Crippen molar-refractivity contribution >= 4 is 27.3 Å². The number of hydrogen-bond donors (Lipinski definition) is 1. The van der Waals surface area contributed by atoms with Crippen LogP contribution < -0.4 is 14.5 Å². The van der Waals surface area contributed by atoms with Crippen LogP contribution >= 0.6 is 0 Å². The molecule has 1 amide bonds. The zero-order valence-electron chi connectivity index (χ0n) is 18.7. The lowest BCUT2D eigenvalue weighted by atomic mass is 10.1. The smallest absolute Gasteiger partial charge is 0.243 e. The lowest BCUT2D eigenvalue weighted by Crippen LogP contribution is -2.47. The summed E-state index contributed by atoms with van der Waals surface area (Å²) in [7, 11) is -1.48. The Balaban J connectivity index is 1.62. The first-order valence-electron chi connectivity index (χ1n) is 10.5. The van der Waals surface area contributed by atoms with E-state index in [0.717, 1.165) is 47.9 Å². The van der Waals surface area contributed by atoms with Gasteiger partial charge in [-0.1, -0.05) is 29.8 Å². The van der Waals surface area contributed by atoms with Crippen molar-refractivity contribution in [2.75, 3.05) is 48.7 Å². The zero-order valence-corrected chi connectivity index (χ0v) is 19.5. The standard InChI is InChI=1S/C23H32N4O3S/c1-18-5-9-22(10-6-18)27(31(4,29)30)19(2)23(28)24-17-20-7-11-21(12-8-20)26-15-13-25(3)14-16-26/h5-12,19H,13-17H2,1-4H3,(H,24,28). The molecule has 0 aromatic heterocycles. The maximum absolute atomic E-state index is 12.8. The second-order valence-corrected chi connectivity index (χ2v) is 10.1. The van der Waals surface area contributed by atoms with Crippen molar-refractivity contribution in [2.45, 2.75) is 26.4 Å². The van der Waals surface area contributed by atoms with Gasteiger partial charge in [0.25, 0.3) is 0 Å². The Morgan fingerprint density at radius 2 is 1.61 bits per heavy atom. The fraction of sp³-hybridized carbons (Fsp3) is 0.435. The molecule has 7 nitrogen and oxygen atoms in total. The van der Waals surface area contributed by atoms with E-state index in [1.165, 1.54) is 5.69 Å². The van der Waals surface area contributed by atoms with Crippen molar-refractivity contribution in [3.63, 3.8) is 0 Å². The van der Waals surface area contributed by atoms with E-state index in [1.54, 1.807) is 19.1 Å². The summed E-state index contributed by atoms with van der Waals surface area (Å²) < 4.78 is 25.9. The van der Waals surface area contributed by atoms with Gasteiger partial charge in [0.15, 0.2) is 0 Å². The molecule has 1 heterocycles. The minimum absolute atomic E-state index is 0.339. The molecule has 0 spiro atoms. The molecule has 1 aliphatic rings. The Morgan fingerprint density at radius 3 is 2.16 bits per heavy atom. The van der Waals surface area contributed by atoms with Crippen LogP contribution in [0.1, 0.15) is 18.1 Å². The first-order chi connectivity index (χ1) is 14.6. The molecule has 168 valence electrons. The number of nitrogens with one attached hydrogen (secondary N) is 1. The lowest BCUT2D eigenvalue weighted by Gasteiger charge is -2.34. The highest BCUT2D eigenvalue weighted by Gasteiger charge is 2.28. The van der Waals surface area contributed by atoms with Gasteiger partial charge in [-0.25, -0.2) is 8.42 Å². The van der Waals surface area contributed by atoms with E-state index < -0.39 is 16.1 Å². The van der Waals surface area contributed by atoms with Gasteiger partial charge < -0.3 is 15.1 Å².